The summed E-state index contributed by atoms with van der Waals surface area (Å²) in [4.78, 5) is 26.7. The van der Waals surface area contributed by atoms with Gasteiger partial charge in [0.1, 0.15) is 5.75 Å². The molecule has 1 saturated heterocycles. The summed E-state index contributed by atoms with van der Waals surface area (Å²) in [6, 6.07) is 11.6. The van der Waals surface area contributed by atoms with Gasteiger partial charge in [-0.3, -0.25) is 9.59 Å². The number of anilines is 1. The van der Waals surface area contributed by atoms with Gasteiger partial charge in [-0.05, 0) is 30.3 Å². The maximum atomic E-state index is 12.7. The molecular formula is C19H18Cl2N2O4. The molecule has 2 aromatic carbocycles. The van der Waals surface area contributed by atoms with Crippen molar-refractivity contribution >= 4 is 40.7 Å². The summed E-state index contributed by atoms with van der Waals surface area (Å²) in [6.07, 6.45) is 0. The normalized spacial score (nSPS) is 13.9. The van der Waals surface area contributed by atoms with Crippen LogP contribution >= 0.6 is 23.2 Å². The lowest BCUT2D eigenvalue weighted by atomic mass is 10.1. The number of morpholine rings is 1. The Bertz CT molecular complexity index is 838. The molecule has 0 saturated carbocycles. The molecule has 0 radical (unpaired) electrons. The van der Waals surface area contributed by atoms with E-state index in [1.165, 1.54) is 6.07 Å². The first kappa shape index (κ1) is 19.5. The molecule has 0 atom stereocenters. The fourth-order valence-corrected chi connectivity index (χ4v) is 3.10. The number of carbonyl (C=O) groups excluding carboxylic acids is 2. The van der Waals surface area contributed by atoms with Gasteiger partial charge in [-0.25, -0.2) is 0 Å². The Labute approximate surface area is 167 Å². The molecule has 2 aromatic rings. The van der Waals surface area contributed by atoms with Gasteiger partial charge >= 0.3 is 0 Å². The summed E-state index contributed by atoms with van der Waals surface area (Å²) in [5.41, 5.74) is 0.863. The van der Waals surface area contributed by atoms with Crippen LogP contribution in [0.1, 0.15) is 10.4 Å². The molecule has 0 unspecified atom stereocenters. The van der Waals surface area contributed by atoms with Crippen LogP contribution in [0.15, 0.2) is 42.5 Å². The van der Waals surface area contributed by atoms with Crippen molar-refractivity contribution in [3.8, 4) is 5.75 Å². The first-order valence-corrected chi connectivity index (χ1v) is 9.14. The number of benzene rings is 2. The van der Waals surface area contributed by atoms with E-state index in [2.05, 4.69) is 5.32 Å². The lowest BCUT2D eigenvalue weighted by Crippen LogP contribution is -2.41. The van der Waals surface area contributed by atoms with Crippen LogP contribution in [0.2, 0.25) is 10.0 Å². The van der Waals surface area contributed by atoms with E-state index in [9.17, 15) is 9.59 Å². The fourth-order valence-electron chi connectivity index (χ4n) is 2.64. The Morgan fingerprint density at radius 3 is 2.59 bits per heavy atom. The molecule has 0 aromatic heterocycles. The average Bonchev–Trinajstić information content (AvgIpc) is 2.68. The molecule has 1 fully saturated rings. The standard InChI is InChI=1S/C19H18Cl2N2O4/c20-13-5-6-17(15(21)11-13)27-12-18(24)22-16-4-2-1-3-14(16)19(25)23-7-9-26-10-8-23/h1-6,11H,7-10,12H2,(H,22,24). The number of amides is 2. The summed E-state index contributed by atoms with van der Waals surface area (Å²) in [6.45, 7) is 1.83. The zero-order chi connectivity index (χ0) is 19.2. The van der Waals surface area contributed by atoms with Crippen molar-refractivity contribution in [1.29, 1.82) is 0 Å². The summed E-state index contributed by atoms with van der Waals surface area (Å²) in [5, 5.41) is 3.52. The third-order valence-electron chi connectivity index (χ3n) is 3.98. The monoisotopic (exact) mass is 408 g/mol. The molecule has 8 heteroatoms. The Morgan fingerprint density at radius 1 is 1.11 bits per heavy atom. The number of hydrogen-bond acceptors (Lipinski definition) is 4. The summed E-state index contributed by atoms with van der Waals surface area (Å²) in [7, 11) is 0. The largest absolute Gasteiger partial charge is 0.482 e. The van der Waals surface area contributed by atoms with Crippen LogP contribution < -0.4 is 10.1 Å². The molecular weight excluding hydrogens is 391 g/mol. The highest BCUT2D eigenvalue weighted by atomic mass is 35.5. The van der Waals surface area contributed by atoms with Gasteiger partial charge in [-0.2, -0.15) is 0 Å². The molecule has 0 bridgehead atoms. The summed E-state index contributed by atoms with van der Waals surface area (Å²) in [5.74, 6) is -0.187. The number of hydrogen-bond donors (Lipinski definition) is 1. The van der Waals surface area contributed by atoms with Gasteiger partial charge < -0.3 is 19.7 Å². The van der Waals surface area contributed by atoms with Crippen LogP contribution in [0, 0.1) is 0 Å². The maximum Gasteiger partial charge on any atom is 0.262 e. The number of rotatable bonds is 5. The predicted octanol–water partition coefficient (Wildman–Crippen LogP) is 3.48. The Balaban J connectivity index is 1.64. The zero-order valence-corrected chi connectivity index (χ0v) is 15.9. The molecule has 1 N–H and O–H groups in total. The minimum Gasteiger partial charge on any atom is -0.482 e. The maximum absolute atomic E-state index is 12.7. The minimum atomic E-state index is -0.400. The molecule has 1 aliphatic heterocycles. The first-order valence-electron chi connectivity index (χ1n) is 8.38. The predicted molar refractivity (Wildman–Crippen MR) is 104 cm³/mol. The van der Waals surface area contributed by atoms with Crippen molar-refractivity contribution in [2.24, 2.45) is 0 Å². The van der Waals surface area contributed by atoms with E-state index < -0.39 is 5.91 Å². The quantitative estimate of drug-likeness (QED) is 0.821. The van der Waals surface area contributed by atoms with Gasteiger partial charge in [0.15, 0.2) is 6.61 Å². The van der Waals surface area contributed by atoms with E-state index >= 15 is 0 Å². The van der Waals surface area contributed by atoms with E-state index in [0.717, 1.165) is 0 Å². The van der Waals surface area contributed by atoms with Crippen LogP contribution in [-0.4, -0.2) is 49.6 Å². The molecule has 1 heterocycles. The van der Waals surface area contributed by atoms with Gasteiger partial charge in [0.05, 0.1) is 29.5 Å². The number of para-hydroxylation sites is 1. The van der Waals surface area contributed by atoms with Gasteiger partial charge in [0.2, 0.25) is 0 Å². The molecule has 0 aliphatic carbocycles. The number of nitrogens with zero attached hydrogens (tertiary/aromatic N) is 1. The number of ether oxygens (including phenoxy) is 2. The lowest BCUT2D eigenvalue weighted by molar-refractivity contribution is -0.118. The SMILES string of the molecule is O=C(COc1ccc(Cl)cc1Cl)Nc1ccccc1C(=O)N1CCOCC1. The van der Waals surface area contributed by atoms with Crippen molar-refractivity contribution in [3.63, 3.8) is 0 Å². The molecule has 3 rings (SSSR count). The number of halogens is 2. The topological polar surface area (TPSA) is 67.9 Å². The van der Waals surface area contributed by atoms with Crippen molar-refractivity contribution in [2.45, 2.75) is 0 Å². The fraction of sp³-hybridized carbons (Fsp3) is 0.263. The highest BCUT2D eigenvalue weighted by Gasteiger charge is 2.21. The van der Waals surface area contributed by atoms with Gasteiger partial charge in [0, 0.05) is 18.1 Å². The highest BCUT2D eigenvalue weighted by molar-refractivity contribution is 6.35. The van der Waals surface area contributed by atoms with E-state index in [0.29, 0.717) is 53.3 Å². The van der Waals surface area contributed by atoms with Crippen molar-refractivity contribution in [3.05, 3.63) is 58.1 Å². The number of carbonyl (C=O) groups is 2. The molecule has 142 valence electrons. The third kappa shape index (κ3) is 5.13. The van der Waals surface area contributed by atoms with E-state index in [1.54, 1.807) is 41.3 Å². The number of nitrogens with one attached hydrogen (secondary N) is 1. The van der Waals surface area contributed by atoms with Gasteiger partial charge in [-0.1, -0.05) is 35.3 Å². The van der Waals surface area contributed by atoms with Gasteiger partial charge in [-0.15, -0.1) is 0 Å². The molecule has 1 aliphatic rings. The molecule has 0 spiro atoms. The average molecular weight is 409 g/mol. The second kappa shape index (κ2) is 9.08. The second-order valence-corrected chi connectivity index (χ2v) is 6.71. The third-order valence-corrected chi connectivity index (χ3v) is 4.51. The zero-order valence-electron chi connectivity index (χ0n) is 14.4. The second-order valence-electron chi connectivity index (χ2n) is 5.86. The first-order chi connectivity index (χ1) is 13.0. The molecule has 2 amide bonds. The van der Waals surface area contributed by atoms with Crippen LogP contribution in [-0.2, 0) is 9.53 Å². The van der Waals surface area contributed by atoms with Crippen LogP contribution in [0.3, 0.4) is 0 Å². The Hall–Kier alpha value is -2.28. The Morgan fingerprint density at radius 2 is 1.85 bits per heavy atom. The van der Waals surface area contributed by atoms with E-state index in [-0.39, 0.29) is 12.5 Å². The molecule has 27 heavy (non-hydrogen) atoms. The van der Waals surface area contributed by atoms with E-state index in [1.807, 2.05) is 0 Å². The summed E-state index contributed by atoms with van der Waals surface area (Å²) < 4.78 is 10.7. The van der Waals surface area contributed by atoms with Crippen molar-refractivity contribution < 1.29 is 19.1 Å². The summed E-state index contributed by atoms with van der Waals surface area (Å²) >= 11 is 11.9. The van der Waals surface area contributed by atoms with Crippen LogP contribution in [0.4, 0.5) is 5.69 Å². The highest BCUT2D eigenvalue weighted by Crippen LogP contribution is 2.27. The van der Waals surface area contributed by atoms with Crippen LogP contribution in [0.5, 0.6) is 5.75 Å². The smallest absolute Gasteiger partial charge is 0.262 e. The van der Waals surface area contributed by atoms with Gasteiger partial charge in [0.25, 0.3) is 11.8 Å². The lowest BCUT2D eigenvalue weighted by Gasteiger charge is -2.27. The Kier molecular flexibility index (Phi) is 6.55. The minimum absolute atomic E-state index is 0.143. The molecule has 6 nitrogen and oxygen atoms in total. The van der Waals surface area contributed by atoms with Crippen LogP contribution in [0.25, 0.3) is 0 Å². The van der Waals surface area contributed by atoms with Crippen molar-refractivity contribution in [2.75, 3.05) is 38.2 Å². The van der Waals surface area contributed by atoms with E-state index in [4.69, 9.17) is 32.7 Å². The van der Waals surface area contributed by atoms with Crippen molar-refractivity contribution in [1.82, 2.24) is 4.90 Å².